The van der Waals surface area contributed by atoms with Crippen LogP contribution in [0, 0.1) is 53.7 Å². The first-order valence-electron chi connectivity index (χ1n) is 17.5. The van der Waals surface area contributed by atoms with Gasteiger partial charge in [-0.3, -0.25) is 0 Å². The number of hydrogen-bond donors (Lipinski definition) is 0. The van der Waals surface area contributed by atoms with E-state index in [-0.39, 0.29) is 20.1 Å². The van der Waals surface area contributed by atoms with E-state index < -0.39 is 0 Å². The van der Waals surface area contributed by atoms with E-state index in [4.69, 9.17) is 14.4 Å². The summed E-state index contributed by atoms with van der Waals surface area (Å²) in [4.78, 5) is 14.0. The second-order valence-electron chi connectivity index (χ2n) is 13.5. The summed E-state index contributed by atoms with van der Waals surface area (Å²) in [6.45, 7) is 12.6. The Hall–Kier alpha value is -5.22. The molecule has 0 fully saturated rings. The maximum absolute atomic E-state index is 6.36. The Labute approximate surface area is 320 Å². The molecule has 0 amide bonds. The molecule has 0 atom stereocenters. The maximum atomic E-state index is 6.36. The molecule has 8 rings (SSSR count). The van der Waals surface area contributed by atoms with Crippen LogP contribution in [0.4, 0.5) is 0 Å². The molecule has 5 heteroatoms. The molecule has 0 aliphatic heterocycles. The Morgan fingerprint density at radius 3 is 2.12 bits per heavy atom. The van der Waals surface area contributed by atoms with Gasteiger partial charge in [0.25, 0.3) is 0 Å². The van der Waals surface area contributed by atoms with Gasteiger partial charge in [-0.05, 0) is 104 Å². The molecule has 0 N–H and O–H groups in total. The standard InChI is InChI=1S/C33H27N2O.C14H14N.Ir/c1-21-12-16-26(22(2)18-21)30-19-31(34-20-23(30)3)29-11-7-10-27-28-17-15-25(35-33(28)36-32(27)29)14-13-24-8-5-4-6-9-24;1-10-4-6-13(7-5-10)14-8-11(2)12(3)9-15-14;/h4-10,12,15-20H,13-14H2,1-3H3;4-6,8-9H,1-3H3;/q2*-1;. The van der Waals surface area contributed by atoms with Gasteiger partial charge in [0.05, 0.1) is 5.58 Å². The van der Waals surface area contributed by atoms with Gasteiger partial charge in [-0.2, -0.15) is 0 Å². The average molecular weight is 856 g/mol. The molecule has 261 valence electrons. The smallest absolute Gasteiger partial charge is 0.216 e. The van der Waals surface area contributed by atoms with Crippen molar-refractivity contribution >= 4 is 22.1 Å². The number of rotatable bonds is 6. The predicted molar refractivity (Wildman–Crippen MR) is 210 cm³/mol. The normalized spacial score (nSPS) is 10.9. The molecule has 4 aromatic heterocycles. The van der Waals surface area contributed by atoms with E-state index >= 15 is 0 Å². The van der Waals surface area contributed by atoms with Crippen molar-refractivity contribution in [2.75, 3.05) is 0 Å². The van der Waals surface area contributed by atoms with Crippen molar-refractivity contribution in [3.8, 4) is 33.6 Å². The third-order valence-electron chi connectivity index (χ3n) is 9.52. The van der Waals surface area contributed by atoms with Crippen LogP contribution in [-0.2, 0) is 32.9 Å². The topological polar surface area (TPSA) is 51.8 Å². The zero-order chi connectivity index (χ0) is 35.5. The van der Waals surface area contributed by atoms with E-state index in [1.165, 1.54) is 44.5 Å². The van der Waals surface area contributed by atoms with Gasteiger partial charge >= 0.3 is 0 Å². The second kappa shape index (κ2) is 16.0. The molecule has 0 saturated carbocycles. The average Bonchev–Trinajstić information content (AvgIpc) is 3.52. The number of aryl methyl sites for hydroxylation is 8. The fraction of sp³-hybridized carbons (Fsp3) is 0.170. The van der Waals surface area contributed by atoms with Crippen molar-refractivity contribution in [2.24, 2.45) is 0 Å². The summed E-state index contributed by atoms with van der Waals surface area (Å²) in [5, 5.41) is 2.06. The number of furan rings is 1. The number of pyridine rings is 3. The summed E-state index contributed by atoms with van der Waals surface area (Å²) in [5.74, 6) is 0. The zero-order valence-corrected chi connectivity index (χ0v) is 32.9. The van der Waals surface area contributed by atoms with Crippen LogP contribution in [0.25, 0.3) is 55.7 Å². The largest absolute Gasteiger partial charge is 0.486 e. The second-order valence-corrected chi connectivity index (χ2v) is 13.5. The van der Waals surface area contributed by atoms with Gasteiger partial charge in [0.15, 0.2) is 0 Å². The van der Waals surface area contributed by atoms with Crippen molar-refractivity contribution in [3.63, 3.8) is 0 Å². The summed E-state index contributed by atoms with van der Waals surface area (Å²) in [6, 6.07) is 42.4. The van der Waals surface area contributed by atoms with E-state index in [1.54, 1.807) is 0 Å². The van der Waals surface area contributed by atoms with Crippen LogP contribution in [0.15, 0.2) is 120 Å². The number of nitrogens with zero attached hydrogens (tertiary/aromatic N) is 3. The number of benzene rings is 4. The quantitative estimate of drug-likeness (QED) is 0.156. The first-order valence-corrected chi connectivity index (χ1v) is 17.5. The first kappa shape index (κ1) is 36.6. The Bertz CT molecular complexity index is 2480. The molecule has 0 saturated heterocycles. The number of aromatic nitrogens is 3. The molecule has 0 spiro atoms. The Morgan fingerprint density at radius 1 is 0.596 bits per heavy atom. The van der Waals surface area contributed by atoms with E-state index in [0.29, 0.717) is 5.71 Å². The molecule has 4 nitrogen and oxygen atoms in total. The van der Waals surface area contributed by atoms with Crippen LogP contribution in [0.2, 0.25) is 0 Å². The summed E-state index contributed by atoms with van der Waals surface area (Å²) in [6.07, 6.45) is 5.68. The summed E-state index contributed by atoms with van der Waals surface area (Å²) >= 11 is 0. The third-order valence-corrected chi connectivity index (χ3v) is 9.52. The molecule has 4 aromatic carbocycles. The molecular formula is C47H41IrN3O-2. The zero-order valence-electron chi connectivity index (χ0n) is 30.5. The maximum Gasteiger partial charge on any atom is 0.216 e. The van der Waals surface area contributed by atoms with E-state index in [2.05, 4.69) is 144 Å². The van der Waals surface area contributed by atoms with Crippen LogP contribution in [0.1, 0.15) is 44.6 Å². The number of hydrogen-bond acceptors (Lipinski definition) is 4. The van der Waals surface area contributed by atoms with Gasteiger partial charge < -0.3 is 14.4 Å². The van der Waals surface area contributed by atoms with Crippen LogP contribution in [0.5, 0.6) is 0 Å². The minimum Gasteiger partial charge on any atom is -0.486 e. The minimum absolute atomic E-state index is 0. The molecule has 0 aliphatic rings. The van der Waals surface area contributed by atoms with Gasteiger partial charge in [0.1, 0.15) is 0 Å². The van der Waals surface area contributed by atoms with E-state index in [9.17, 15) is 0 Å². The predicted octanol–water partition coefficient (Wildman–Crippen LogP) is 11.7. The molecule has 1 radical (unpaired) electrons. The van der Waals surface area contributed by atoms with Crippen molar-refractivity contribution < 1.29 is 24.5 Å². The van der Waals surface area contributed by atoms with Gasteiger partial charge in [0, 0.05) is 43.6 Å². The summed E-state index contributed by atoms with van der Waals surface area (Å²) < 4.78 is 6.36. The Balaban J connectivity index is 0.000000244. The molecule has 52 heavy (non-hydrogen) atoms. The van der Waals surface area contributed by atoms with Crippen molar-refractivity contribution in [2.45, 2.75) is 54.4 Å². The van der Waals surface area contributed by atoms with Gasteiger partial charge in [-0.1, -0.05) is 89.7 Å². The van der Waals surface area contributed by atoms with Gasteiger partial charge in [-0.15, -0.1) is 53.6 Å². The van der Waals surface area contributed by atoms with Crippen molar-refractivity contribution in [3.05, 3.63) is 172 Å². The fourth-order valence-corrected chi connectivity index (χ4v) is 6.41. The van der Waals surface area contributed by atoms with Crippen LogP contribution < -0.4 is 0 Å². The molecular weight excluding hydrogens is 815 g/mol. The third kappa shape index (κ3) is 7.97. The Kier molecular flexibility index (Phi) is 11.2. The molecule has 0 aliphatic carbocycles. The molecule has 0 unspecified atom stereocenters. The van der Waals surface area contributed by atoms with Crippen LogP contribution in [-0.4, -0.2) is 15.0 Å². The molecule has 8 aromatic rings. The van der Waals surface area contributed by atoms with Gasteiger partial charge in [-0.25, -0.2) is 4.98 Å². The molecule has 4 heterocycles. The summed E-state index contributed by atoms with van der Waals surface area (Å²) in [7, 11) is 0. The van der Waals surface area contributed by atoms with Crippen molar-refractivity contribution in [1.29, 1.82) is 0 Å². The van der Waals surface area contributed by atoms with Crippen molar-refractivity contribution in [1.82, 2.24) is 15.0 Å². The van der Waals surface area contributed by atoms with Crippen LogP contribution in [0.3, 0.4) is 0 Å². The molecule has 0 bridgehead atoms. The van der Waals surface area contributed by atoms with E-state index in [0.717, 1.165) is 63.0 Å². The Morgan fingerprint density at radius 2 is 1.37 bits per heavy atom. The SMILES string of the molecule is Cc1c[c-]c(-c2cc(C)c(C)cn2)cc1.Cc1ccc(-c2cc(-c3[c-]ccc4c3oc3nc(CCc5ccccc5)ccc34)ncc2C)c(C)c1.[Ir]. The fourth-order valence-electron chi connectivity index (χ4n) is 6.41. The van der Waals surface area contributed by atoms with Crippen LogP contribution >= 0.6 is 0 Å². The monoisotopic (exact) mass is 856 g/mol. The first-order chi connectivity index (χ1) is 24.7. The van der Waals surface area contributed by atoms with E-state index in [1.807, 2.05) is 30.6 Å². The minimum atomic E-state index is 0. The number of fused-ring (bicyclic) bond motifs is 3. The van der Waals surface area contributed by atoms with Gasteiger partial charge in [0.2, 0.25) is 5.71 Å². The summed E-state index contributed by atoms with van der Waals surface area (Å²) in [5.41, 5.74) is 17.4.